The molecule has 0 atom stereocenters. The van der Waals surface area contributed by atoms with Gasteiger partial charge in [0, 0.05) is 13.6 Å². The van der Waals surface area contributed by atoms with Crippen LogP contribution < -0.4 is 5.32 Å². The van der Waals surface area contributed by atoms with E-state index in [1.54, 1.807) is 7.05 Å². The minimum atomic E-state index is -0.236. The van der Waals surface area contributed by atoms with Gasteiger partial charge in [0.25, 0.3) is 0 Å². The second-order valence-electron chi connectivity index (χ2n) is 3.16. The highest BCUT2D eigenvalue weighted by Gasteiger charge is 2.05. The first kappa shape index (κ1) is 11.1. The molecule has 78 valence electrons. The lowest BCUT2D eigenvalue weighted by Crippen LogP contribution is -2.36. The van der Waals surface area contributed by atoms with E-state index in [0.717, 1.165) is 5.56 Å². The van der Waals surface area contributed by atoms with Crippen molar-refractivity contribution in [1.82, 2.24) is 10.2 Å². The zero-order chi connectivity index (χ0) is 11.1. The van der Waals surface area contributed by atoms with Gasteiger partial charge in [-0.25, -0.2) is 4.79 Å². The van der Waals surface area contributed by atoms with Crippen molar-refractivity contribution in [2.24, 2.45) is 0 Å². The van der Waals surface area contributed by atoms with Crippen molar-refractivity contribution >= 4 is 6.03 Å². The fourth-order valence-corrected chi connectivity index (χ4v) is 1.09. The van der Waals surface area contributed by atoms with E-state index in [1.165, 1.54) is 4.90 Å². The number of carbonyl (C=O) groups is 1. The molecule has 0 aliphatic heterocycles. The zero-order valence-electron chi connectivity index (χ0n) is 8.60. The molecule has 0 radical (unpaired) electrons. The maximum atomic E-state index is 11.4. The van der Waals surface area contributed by atoms with E-state index in [-0.39, 0.29) is 12.6 Å². The van der Waals surface area contributed by atoms with E-state index in [9.17, 15) is 4.79 Å². The molecular formula is C11H13N3O. The van der Waals surface area contributed by atoms with Crippen molar-refractivity contribution in [1.29, 1.82) is 5.26 Å². The van der Waals surface area contributed by atoms with Crippen LogP contribution >= 0.6 is 0 Å². The molecule has 2 amide bonds. The highest BCUT2D eigenvalue weighted by molar-refractivity contribution is 5.74. The molecule has 1 aromatic carbocycles. The molecule has 1 aromatic rings. The number of amides is 2. The van der Waals surface area contributed by atoms with Crippen molar-refractivity contribution in [3.63, 3.8) is 0 Å². The van der Waals surface area contributed by atoms with Crippen molar-refractivity contribution in [3.05, 3.63) is 35.9 Å². The first-order valence-corrected chi connectivity index (χ1v) is 4.64. The van der Waals surface area contributed by atoms with Crippen LogP contribution in [-0.4, -0.2) is 24.5 Å². The molecule has 0 bridgehead atoms. The normalized spacial score (nSPS) is 9.07. The topological polar surface area (TPSA) is 56.1 Å². The Morgan fingerprint density at radius 2 is 2.13 bits per heavy atom. The Bertz CT molecular complexity index is 356. The van der Waals surface area contributed by atoms with E-state index in [4.69, 9.17) is 5.26 Å². The maximum absolute atomic E-state index is 11.4. The lowest BCUT2D eigenvalue weighted by Gasteiger charge is -2.14. The van der Waals surface area contributed by atoms with Gasteiger partial charge in [0.2, 0.25) is 0 Å². The van der Waals surface area contributed by atoms with Crippen LogP contribution in [0.15, 0.2) is 30.3 Å². The smallest absolute Gasteiger partial charge is 0.318 e. The van der Waals surface area contributed by atoms with Crippen molar-refractivity contribution in [3.8, 4) is 6.07 Å². The molecule has 0 spiro atoms. The van der Waals surface area contributed by atoms with Gasteiger partial charge in [-0.15, -0.1) is 0 Å². The summed E-state index contributed by atoms with van der Waals surface area (Å²) in [6.07, 6.45) is 0. The molecular weight excluding hydrogens is 190 g/mol. The molecule has 0 fully saturated rings. The van der Waals surface area contributed by atoms with E-state index in [0.29, 0.717) is 6.54 Å². The predicted octanol–water partition coefficient (Wildman–Crippen LogP) is 1.35. The van der Waals surface area contributed by atoms with Crippen LogP contribution in [-0.2, 0) is 6.54 Å². The standard InChI is InChI=1S/C11H13N3O/c1-14(8-7-12)11(15)13-9-10-5-3-2-4-6-10/h2-6H,8-9H2,1H3,(H,13,15). The summed E-state index contributed by atoms with van der Waals surface area (Å²) in [5.74, 6) is 0. The second kappa shape index (κ2) is 5.66. The highest BCUT2D eigenvalue weighted by atomic mass is 16.2. The predicted molar refractivity (Wildman–Crippen MR) is 56.9 cm³/mol. The fourth-order valence-electron chi connectivity index (χ4n) is 1.09. The van der Waals surface area contributed by atoms with Crippen LogP contribution in [0.2, 0.25) is 0 Å². The Balaban J connectivity index is 2.38. The molecule has 0 aliphatic rings. The first-order valence-electron chi connectivity index (χ1n) is 4.64. The van der Waals surface area contributed by atoms with Crippen LogP contribution in [0.1, 0.15) is 5.56 Å². The number of nitrogens with one attached hydrogen (secondary N) is 1. The SMILES string of the molecule is CN(CC#N)C(=O)NCc1ccccc1. The summed E-state index contributed by atoms with van der Waals surface area (Å²) < 4.78 is 0. The number of benzene rings is 1. The Morgan fingerprint density at radius 1 is 1.47 bits per heavy atom. The third kappa shape index (κ3) is 3.69. The van der Waals surface area contributed by atoms with Crippen LogP contribution in [0, 0.1) is 11.3 Å². The van der Waals surface area contributed by atoms with E-state index in [1.807, 2.05) is 36.4 Å². The first-order chi connectivity index (χ1) is 7.24. The summed E-state index contributed by atoms with van der Waals surface area (Å²) in [7, 11) is 1.59. The number of rotatable bonds is 3. The molecule has 0 heterocycles. The van der Waals surface area contributed by atoms with Crippen molar-refractivity contribution in [2.45, 2.75) is 6.54 Å². The lowest BCUT2D eigenvalue weighted by molar-refractivity contribution is 0.213. The van der Waals surface area contributed by atoms with Gasteiger partial charge in [0.05, 0.1) is 6.07 Å². The summed E-state index contributed by atoms with van der Waals surface area (Å²) >= 11 is 0. The minimum absolute atomic E-state index is 0.0978. The molecule has 0 saturated heterocycles. The zero-order valence-corrected chi connectivity index (χ0v) is 8.60. The van der Waals surface area contributed by atoms with Gasteiger partial charge in [0.15, 0.2) is 0 Å². The quantitative estimate of drug-likeness (QED) is 0.754. The lowest BCUT2D eigenvalue weighted by atomic mass is 10.2. The number of hydrogen-bond donors (Lipinski definition) is 1. The van der Waals surface area contributed by atoms with Crippen molar-refractivity contribution in [2.75, 3.05) is 13.6 Å². The van der Waals surface area contributed by atoms with E-state index in [2.05, 4.69) is 5.32 Å². The number of carbonyl (C=O) groups excluding carboxylic acids is 1. The van der Waals surface area contributed by atoms with Crippen LogP contribution in [0.4, 0.5) is 4.79 Å². The molecule has 1 rings (SSSR count). The third-order valence-electron chi connectivity index (χ3n) is 1.94. The Hall–Kier alpha value is -2.02. The number of urea groups is 1. The highest BCUT2D eigenvalue weighted by Crippen LogP contribution is 1.97. The van der Waals surface area contributed by atoms with E-state index < -0.39 is 0 Å². The Kier molecular flexibility index (Phi) is 4.17. The molecule has 0 saturated carbocycles. The largest absolute Gasteiger partial charge is 0.334 e. The van der Waals surface area contributed by atoms with Crippen molar-refractivity contribution < 1.29 is 4.79 Å². The van der Waals surface area contributed by atoms with Gasteiger partial charge < -0.3 is 10.2 Å². The fraction of sp³-hybridized carbons (Fsp3) is 0.273. The molecule has 4 nitrogen and oxygen atoms in total. The van der Waals surface area contributed by atoms with Gasteiger partial charge in [0.1, 0.15) is 6.54 Å². The molecule has 0 aromatic heterocycles. The Morgan fingerprint density at radius 3 is 2.73 bits per heavy atom. The van der Waals surface area contributed by atoms with Gasteiger partial charge in [-0.3, -0.25) is 0 Å². The van der Waals surface area contributed by atoms with Gasteiger partial charge in [-0.1, -0.05) is 30.3 Å². The van der Waals surface area contributed by atoms with Gasteiger partial charge in [-0.2, -0.15) is 5.26 Å². The monoisotopic (exact) mass is 203 g/mol. The van der Waals surface area contributed by atoms with Crippen LogP contribution in [0.25, 0.3) is 0 Å². The average Bonchev–Trinajstić information content (AvgIpc) is 2.27. The molecule has 15 heavy (non-hydrogen) atoms. The molecule has 0 aliphatic carbocycles. The molecule has 1 N–H and O–H groups in total. The summed E-state index contributed by atoms with van der Waals surface area (Å²) in [6, 6.07) is 11.3. The van der Waals surface area contributed by atoms with Gasteiger partial charge >= 0.3 is 6.03 Å². The average molecular weight is 203 g/mol. The summed E-state index contributed by atoms with van der Waals surface area (Å²) in [5.41, 5.74) is 1.04. The van der Waals surface area contributed by atoms with Crippen LogP contribution in [0.5, 0.6) is 0 Å². The summed E-state index contributed by atoms with van der Waals surface area (Å²) in [4.78, 5) is 12.7. The third-order valence-corrected chi connectivity index (χ3v) is 1.94. The summed E-state index contributed by atoms with van der Waals surface area (Å²) in [6.45, 7) is 0.579. The van der Waals surface area contributed by atoms with Crippen LogP contribution in [0.3, 0.4) is 0 Å². The second-order valence-corrected chi connectivity index (χ2v) is 3.16. The Labute approximate surface area is 89.1 Å². The maximum Gasteiger partial charge on any atom is 0.318 e. The summed E-state index contributed by atoms with van der Waals surface area (Å²) in [5, 5.41) is 11.1. The molecule has 0 unspecified atom stereocenters. The van der Waals surface area contributed by atoms with E-state index >= 15 is 0 Å². The minimum Gasteiger partial charge on any atom is -0.334 e. The van der Waals surface area contributed by atoms with Gasteiger partial charge in [-0.05, 0) is 5.56 Å². The number of nitrogens with zero attached hydrogens (tertiary/aromatic N) is 2. The number of nitriles is 1. The molecule has 4 heteroatoms. The number of hydrogen-bond acceptors (Lipinski definition) is 2.